The van der Waals surface area contributed by atoms with Gasteiger partial charge < -0.3 is 5.32 Å². The molecule has 2 heterocycles. The fourth-order valence-electron chi connectivity index (χ4n) is 2.06. The molecule has 0 aromatic carbocycles. The van der Waals surface area contributed by atoms with Crippen LogP contribution in [0.25, 0.3) is 10.7 Å². The van der Waals surface area contributed by atoms with E-state index in [1.54, 1.807) is 11.3 Å². The number of nitrogens with one attached hydrogen (secondary N) is 1. The number of aromatic nitrogens is 2. The third-order valence-corrected chi connectivity index (χ3v) is 4.34. The molecule has 3 rings (SSSR count). The highest BCUT2D eigenvalue weighted by Crippen LogP contribution is 2.43. The summed E-state index contributed by atoms with van der Waals surface area (Å²) in [5.74, 6) is 0.692. The highest BCUT2D eigenvalue weighted by Gasteiger charge is 2.29. The van der Waals surface area contributed by atoms with E-state index in [-0.39, 0.29) is 0 Å². The fraction of sp³-hybridized carbons (Fsp3) is 0.467. The van der Waals surface area contributed by atoms with Gasteiger partial charge in [-0.2, -0.15) is 0 Å². The molecule has 1 aliphatic carbocycles. The van der Waals surface area contributed by atoms with Crippen molar-refractivity contribution in [2.45, 2.75) is 45.2 Å². The van der Waals surface area contributed by atoms with Crippen LogP contribution in [-0.2, 0) is 6.54 Å². The zero-order chi connectivity index (χ0) is 13.2. The van der Waals surface area contributed by atoms with E-state index < -0.39 is 0 Å². The van der Waals surface area contributed by atoms with Crippen molar-refractivity contribution in [2.75, 3.05) is 0 Å². The zero-order valence-corrected chi connectivity index (χ0v) is 12.2. The first kappa shape index (κ1) is 12.8. The number of nitrogens with zero attached hydrogens (tertiary/aromatic N) is 2. The van der Waals surface area contributed by atoms with Gasteiger partial charge in [-0.25, -0.2) is 4.98 Å². The smallest absolute Gasteiger partial charge is 0.142 e. The number of hydrogen-bond donors (Lipinski definition) is 1. The zero-order valence-electron chi connectivity index (χ0n) is 11.4. The molecule has 0 bridgehead atoms. The summed E-state index contributed by atoms with van der Waals surface area (Å²) in [6, 6.07) is 6.51. The van der Waals surface area contributed by atoms with Crippen LogP contribution in [0.2, 0.25) is 0 Å². The van der Waals surface area contributed by atoms with E-state index in [0.29, 0.717) is 12.0 Å². The Morgan fingerprint density at radius 1 is 1.37 bits per heavy atom. The largest absolute Gasteiger partial charge is 0.310 e. The van der Waals surface area contributed by atoms with Crippen LogP contribution in [0.3, 0.4) is 0 Å². The minimum Gasteiger partial charge on any atom is -0.310 e. The van der Waals surface area contributed by atoms with E-state index in [2.05, 4.69) is 24.1 Å². The van der Waals surface area contributed by atoms with Crippen molar-refractivity contribution in [1.82, 2.24) is 15.3 Å². The average molecular weight is 273 g/mol. The van der Waals surface area contributed by atoms with Crippen molar-refractivity contribution in [3.63, 3.8) is 0 Å². The predicted molar refractivity (Wildman–Crippen MR) is 79.3 cm³/mol. The van der Waals surface area contributed by atoms with E-state index >= 15 is 0 Å². The van der Waals surface area contributed by atoms with Crippen LogP contribution in [-0.4, -0.2) is 16.0 Å². The predicted octanol–water partition coefficient (Wildman–Crippen LogP) is 3.58. The maximum Gasteiger partial charge on any atom is 0.142 e. The van der Waals surface area contributed by atoms with E-state index in [0.717, 1.165) is 17.2 Å². The van der Waals surface area contributed by atoms with Gasteiger partial charge >= 0.3 is 0 Å². The molecule has 1 fully saturated rings. The molecule has 0 radical (unpaired) electrons. The first-order valence-corrected chi connectivity index (χ1v) is 7.70. The van der Waals surface area contributed by atoms with Crippen LogP contribution in [0, 0.1) is 0 Å². The van der Waals surface area contributed by atoms with E-state index in [4.69, 9.17) is 4.98 Å². The van der Waals surface area contributed by atoms with Crippen LogP contribution < -0.4 is 5.32 Å². The summed E-state index contributed by atoms with van der Waals surface area (Å²) >= 11 is 1.79. The monoisotopic (exact) mass is 273 g/mol. The highest BCUT2D eigenvalue weighted by atomic mass is 32.1. The van der Waals surface area contributed by atoms with Crippen LogP contribution >= 0.6 is 11.3 Å². The summed E-state index contributed by atoms with van der Waals surface area (Å²) in [5.41, 5.74) is 2.30. The van der Waals surface area contributed by atoms with Gasteiger partial charge in [0.05, 0.1) is 11.4 Å². The van der Waals surface area contributed by atoms with Gasteiger partial charge in [-0.05, 0) is 25.0 Å². The maximum absolute atomic E-state index is 4.84. The highest BCUT2D eigenvalue weighted by molar-refractivity contribution is 7.15. The van der Waals surface area contributed by atoms with Gasteiger partial charge in [0.25, 0.3) is 0 Å². The van der Waals surface area contributed by atoms with E-state index in [9.17, 15) is 0 Å². The molecule has 2 aromatic rings. The molecule has 0 unspecified atom stereocenters. The summed E-state index contributed by atoms with van der Waals surface area (Å²) in [7, 11) is 0. The van der Waals surface area contributed by atoms with Crippen molar-refractivity contribution in [2.24, 2.45) is 0 Å². The summed E-state index contributed by atoms with van der Waals surface area (Å²) in [5, 5.41) is 4.56. The summed E-state index contributed by atoms with van der Waals surface area (Å²) < 4.78 is 0. The Morgan fingerprint density at radius 2 is 2.21 bits per heavy atom. The van der Waals surface area contributed by atoms with Gasteiger partial charge in [0.2, 0.25) is 0 Å². The SMILES string of the molecule is CC(C)NCc1sc(-c2ccccn2)nc1C1CC1. The molecule has 0 spiro atoms. The van der Waals surface area contributed by atoms with Gasteiger partial charge in [-0.3, -0.25) is 4.98 Å². The van der Waals surface area contributed by atoms with Crippen molar-refractivity contribution in [3.05, 3.63) is 35.0 Å². The molecule has 0 amide bonds. The average Bonchev–Trinajstić information content (AvgIpc) is 3.17. The molecule has 100 valence electrons. The molecule has 1 saturated carbocycles. The number of rotatable bonds is 5. The summed E-state index contributed by atoms with van der Waals surface area (Å²) in [6.45, 7) is 5.28. The number of pyridine rings is 1. The van der Waals surface area contributed by atoms with Crippen molar-refractivity contribution < 1.29 is 0 Å². The third-order valence-electron chi connectivity index (χ3n) is 3.25. The second-order valence-corrected chi connectivity index (χ2v) is 6.44. The molecule has 1 aliphatic rings. The van der Waals surface area contributed by atoms with Crippen molar-refractivity contribution in [1.29, 1.82) is 0 Å². The molecule has 0 saturated heterocycles. The summed E-state index contributed by atoms with van der Waals surface area (Å²) in [6.07, 6.45) is 4.42. The number of hydrogen-bond acceptors (Lipinski definition) is 4. The maximum atomic E-state index is 4.84. The lowest BCUT2D eigenvalue weighted by molar-refractivity contribution is 0.590. The summed E-state index contributed by atoms with van der Waals surface area (Å²) in [4.78, 5) is 10.6. The Morgan fingerprint density at radius 3 is 2.84 bits per heavy atom. The lowest BCUT2D eigenvalue weighted by Crippen LogP contribution is -2.21. The Balaban J connectivity index is 1.88. The van der Waals surface area contributed by atoms with Gasteiger partial charge in [0.1, 0.15) is 5.01 Å². The minimum atomic E-state index is 0.507. The normalized spacial score (nSPS) is 15.1. The van der Waals surface area contributed by atoms with Gasteiger partial charge in [0.15, 0.2) is 0 Å². The molecular weight excluding hydrogens is 254 g/mol. The lowest BCUT2D eigenvalue weighted by Gasteiger charge is -2.06. The van der Waals surface area contributed by atoms with Crippen LogP contribution in [0.1, 0.15) is 43.2 Å². The number of thiazole rings is 1. The van der Waals surface area contributed by atoms with Crippen molar-refractivity contribution >= 4 is 11.3 Å². The topological polar surface area (TPSA) is 37.8 Å². The first-order chi connectivity index (χ1) is 9.24. The second-order valence-electron chi connectivity index (χ2n) is 5.35. The quantitative estimate of drug-likeness (QED) is 0.905. The lowest BCUT2D eigenvalue weighted by atomic mass is 10.2. The second kappa shape index (κ2) is 5.39. The van der Waals surface area contributed by atoms with Gasteiger partial charge in [-0.15, -0.1) is 11.3 Å². The molecule has 4 heteroatoms. The molecule has 1 N–H and O–H groups in total. The standard InChI is InChI=1S/C15H19N3S/c1-10(2)17-9-13-14(11-6-7-11)18-15(19-13)12-5-3-4-8-16-12/h3-5,8,10-11,17H,6-7,9H2,1-2H3. The van der Waals surface area contributed by atoms with Crippen LogP contribution in [0.15, 0.2) is 24.4 Å². The molecule has 0 atom stereocenters. The molecule has 3 nitrogen and oxygen atoms in total. The fourth-order valence-corrected chi connectivity index (χ4v) is 3.14. The Kier molecular flexibility index (Phi) is 3.62. The van der Waals surface area contributed by atoms with Gasteiger partial charge in [0, 0.05) is 29.6 Å². The first-order valence-electron chi connectivity index (χ1n) is 6.88. The Labute approximate surface area is 118 Å². The molecule has 19 heavy (non-hydrogen) atoms. The van der Waals surface area contributed by atoms with E-state index in [1.807, 2.05) is 24.4 Å². The minimum absolute atomic E-state index is 0.507. The van der Waals surface area contributed by atoms with Crippen LogP contribution in [0.5, 0.6) is 0 Å². The van der Waals surface area contributed by atoms with Crippen molar-refractivity contribution in [3.8, 4) is 10.7 Å². The van der Waals surface area contributed by atoms with Gasteiger partial charge in [-0.1, -0.05) is 19.9 Å². The molecule has 0 aliphatic heterocycles. The third kappa shape index (κ3) is 3.01. The molecular formula is C15H19N3S. The Hall–Kier alpha value is -1.26. The Bertz CT molecular complexity index is 544. The van der Waals surface area contributed by atoms with Crippen LogP contribution in [0.4, 0.5) is 0 Å². The molecule has 2 aromatic heterocycles. The van der Waals surface area contributed by atoms with E-state index in [1.165, 1.54) is 23.4 Å².